The molecule has 12 heavy (non-hydrogen) atoms. The topological polar surface area (TPSA) is 9.23 Å². The van der Waals surface area contributed by atoms with Crippen molar-refractivity contribution in [3.05, 3.63) is 24.0 Å². The van der Waals surface area contributed by atoms with Crippen LogP contribution in [-0.2, 0) is 4.74 Å². The molecule has 0 bridgehead atoms. The molecule has 1 saturated carbocycles. The van der Waals surface area contributed by atoms with Crippen LogP contribution in [0.2, 0.25) is 0 Å². The molecule has 66 valence electrons. The lowest BCUT2D eigenvalue weighted by atomic mass is 9.76. The summed E-state index contributed by atoms with van der Waals surface area (Å²) in [5.41, 5.74) is 0. The van der Waals surface area contributed by atoms with Crippen molar-refractivity contribution in [2.45, 2.75) is 25.7 Å². The van der Waals surface area contributed by atoms with E-state index in [1.807, 2.05) is 0 Å². The highest BCUT2D eigenvalue weighted by atomic mass is 16.5. The smallest absolute Gasteiger partial charge is 0.0992 e. The normalized spacial score (nSPS) is 33.9. The molecule has 0 saturated heterocycles. The van der Waals surface area contributed by atoms with Gasteiger partial charge < -0.3 is 4.74 Å². The second kappa shape index (κ2) is 3.34. The molecular weight excluding hydrogens is 148 g/mol. The van der Waals surface area contributed by atoms with Crippen molar-refractivity contribution >= 4 is 0 Å². The van der Waals surface area contributed by atoms with E-state index in [0.717, 1.165) is 5.92 Å². The Hall–Kier alpha value is -0.720. The summed E-state index contributed by atoms with van der Waals surface area (Å²) in [4.78, 5) is 0. The third-order valence-corrected chi connectivity index (χ3v) is 3.04. The maximum atomic E-state index is 5.37. The zero-order valence-electron chi connectivity index (χ0n) is 7.62. The van der Waals surface area contributed by atoms with Crippen LogP contribution in [-0.4, -0.2) is 7.11 Å². The van der Waals surface area contributed by atoms with Crippen LogP contribution in [0.15, 0.2) is 24.0 Å². The molecule has 2 unspecified atom stereocenters. The van der Waals surface area contributed by atoms with E-state index >= 15 is 0 Å². The highest BCUT2D eigenvalue weighted by Crippen LogP contribution is 2.38. The fraction of sp³-hybridized carbons (Fsp3) is 0.636. The maximum absolute atomic E-state index is 5.37. The zero-order valence-corrected chi connectivity index (χ0v) is 7.62. The van der Waals surface area contributed by atoms with Crippen molar-refractivity contribution in [1.29, 1.82) is 0 Å². The Labute approximate surface area is 74.1 Å². The predicted molar refractivity (Wildman–Crippen MR) is 49.7 cm³/mol. The summed E-state index contributed by atoms with van der Waals surface area (Å²) in [7, 11) is 1.79. The summed E-state index contributed by atoms with van der Waals surface area (Å²) < 4.78 is 5.37. The third kappa shape index (κ3) is 1.28. The molecule has 2 aliphatic rings. The highest BCUT2D eigenvalue weighted by molar-refractivity contribution is 5.19. The summed E-state index contributed by atoms with van der Waals surface area (Å²) in [5, 5.41) is 0. The van der Waals surface area contributed by atoms with Crippen molar-refractivity contribution in [2.24, 2.45) is 11.8 Å². The number of fused-ring (bicyclic) bond motifs is 1. The van der Waals surface area contributed by atoms with Gasteiger partial charge in [0.25, 0.3) is 0 Å². The van der Waals surface area contributed by atoms with E-state index in [0.29, 0.717) is 5.92 Å². The molecule has 0 aromatic rings. The monoisotopic (exact) mass is 164 g/mol. The Morgan fingerprint density at radius 1 is 1.33 bits per heavy atom. The Kier molecular flexibility index (Phi) is 2.20. The minimum atomic E-state index is 0.689. The van der Waals surface area contributed by atoms with Crippen LogP contribution in [0.25, 0.3) is 0 Å². The molecule has 0 aliphatic heterocycles. The molecule has 0 spiro atoms. The Balaban J connectivity index is 2.14. The molecule has 2 aliphatic carbocycles. The summed E-state index contributed by atoms with van der Waals surface area (Å²) in [6.45, 7) is 0. The van der Waals surface area contributed by atoms with Gasteiger partial charge >= 0.3 is 0 Å². The van der Waals surface area contributed by atoms with Gasteiger partial charge in [0.15, 0.2) is 0 Å². The van der Waals surface area contributed by atoms with Gasteiger partial charge in [-0.2, -0.15) is 0 Å². The second-order valence-corrected chi connectivity index (χ2v) is 3.71. The summed E-state index contributed by atoms with van der Waals surface area (Å²) >= 11 is 0. The lowest BCUT2D eigenvalue weighted by molar-refractivity contribution is 0.183. The van der Waals surface area contributed by atoms with E-state index in [-0.39, 0.29) is 0 Å². The van der Waals surface area contributed by atoms with Crippen LogP contribution in [0.4, 0.5) is 0 Å². The minimum absolute atomic E-state index is 0.689. The molecule has 1 nitrogen and oxygen atoms in total. The summed E-state index contributed by atoms with van der Waals surface area (Å²) in [6, 6.07) is 0. The van der Waals surface area contributed by atoms with Gasteiger partial charge in [-0.3, -0.25) is 0 Å². The summed E-state index contributed by atoms with van der Waals surface area (Å²) in [5.74, 6) is 2.65. The first-order valence-corrected chi connectivity index (χ1v) is 4.84. The van der Waals surface area contributed by atoms with Crippen LogP contribution >= 0.6 is 0 Å². The quantitative estimate of drug-likeness (QED) is 0.579. The van der Waals surface area contributed by atoms with Crippen LogP contribution < -0.4 is 0 Å². The largest absolute Gasteiger partial charge is 0.501 e. The van der Waals surface area contributed by atoms with Crippen molar-refractivity contribution in [3.8, 4) is 0 Å². The fourth-order valence-electron chi connectivity index (χ4n) is 2.38. The maximum Gasteiger partial charge on any atom is 0.0992 e. The van der Waals surface area contributed by atoms with E-state index in [9.17, 15) is 0 Å². The second-order valence-electron chi connectivity index (χ2n) is 3.71. The molecule has 0 N–H and O–H groups in total. The molecule has 1 heteroatoms. The molecule has 2 rings (SSSR count). The average Bonchev–Trinajstić information content (AvgIpc) is 2.17. The van der Waals surface area contributed by atoms with Crippen LogP contribution in [0, 0.1) is 11.8 Å². The number of hydrogen-bond acceptors (Lipinski definition) is 1. The van der Waals surface area contributed by atoms with Gasteiger partial charge in [-0.15, -0.1) is 0 Å². The first kappa shape index (κ1) is 7.90. The number of ether oxygens (including phenoxy) is 1. The van der Waals surface area contributed by atoms with Gasteiger partial charge in [0.2, 0.25) is 0 Å². The summed E-state index contributed by atoms with van der Waals surface area (Å²) in [6.07, 6.45) is 12.0. The molecule has 1 fully saturated rings. The van der Waals surface area contributed by atoms with E-state index < -0.39 is 0 Å². The third-order valence-electron chi connectivity index (χ3n) is 3.04. The van der Waals surface area contributed by atoms with Gasteiger partial charge in [0.05, 0.1) is 12.9 Å². The first-order valence-electron chi connectivity index (χ1n) is 4.84. The van der Waals surface area contributed by atoms with Gasteiger partial charge in [-0.05, 0) is 24.8 Å². The molecule has 2 atom stereocenters. The minimum Gasteiger partial charge on any atom is -0.501 e. The lowest BCUT2D eigenvalue weighted by Gasteiger charge is -2.32. The molecule has 0 heterocycles. The van der Waals surface area contributed by atoms with Gasteiger partial charge in [-0.25, -0.2) is 0 Å². The number of allylic oxidation sites excluding steroid dienone is 4. The van der Waals surface area contributed by atoms with Gasteiger partial charge in [0, 0.05) is 5.92 Å². The van der Waals surface area contributed by atoms with E-state index in [4.69, 9.17) is 4.74 Å². The average molecular weight is 164 g/mol. The predicted octanol–water partition coefficient (Wildman–Crippen LogP) is 2.89. The van der Waals surface area contributed by atoms with Crippen LogP contribution in [0.5, 0.6) is 0 Å². The van der Waals surface area contributed by atoms with Gasteiger partial charge in [-0.1, -0.05) is 25.0 Å². The SMILES string of the molecule is COC1=CC=CC2CCCCC12. The Morgan fingerprint density at radius 2 is 2.17 bits per heavy atom. The zero-order chi connectivity index (χ0) is 8.39. The van der Waals surface area contributed by atoms with Crippen molar-refractivity contribution in [3.63, 3.8) is 0 Å². The number of methoxy groups -OCH3 is 1. The fourth-order valence-corrected chi connectivity index (χ4v) is 2.38. The van der Waals surface area contributed by atoms with Crippen molar-refractivity contribution < 1.29 is 4.74 Å². The molecule has 0 aromatic heterocycles. The molecule has 0 radical (unpaired) electrons. The van der Waals surface area contributed by atoms with Crippen molar-refractivity contribution in [2.75, 3.05) is 7.11 Å². The molecular formula is C11H16O. The van der Waals surface area contributed by atoms with Crippen LogP contribution in [0.1, 0.15) is 25.7 Å². The Morgan fingerprint density at radius 3 is 3.00 bits per heavy atom. The molecule has 0 aromatic carbocycles. The Bertz CT molecular complexity index is 215. The van der Waals surface area contributed by atoms with Crippen molar-refractivity contribution in [1.82, 2.24) is 0 Å². The van der Waals surface area contributed by atoms with Crippen LogP contribution in [0.3, 0.4) is 0 Å². The lowest BCUT2D eigenvalue weighted by Crippen LogP contribution is -2.22. The molecule has 0 amide bonds. The highest BCUT2D eigenvalue weighted by Gasteiger charge is 2.28. The van der Waals surface area contributed by atoms with Gasteiger partial charge in [0.1, 0.15) is 0 Å². The van der Waals surface area contributed by atoms with E-state index in [1.54, 1.807) is 7.11 Å². The first-order chi connectivity index (χ1) is 5.92. The standard InChI is InChI=1S/C11H16O/c1-12-11-8-4-6-9-5-2-3-7-10(9)11/h4,6,8-10H,2-3,5,7H2,1H3. The van der Waals surface area contributed by atoms with E-state index in [2.05, 4.69) is 18.2 Å². The number of hydrogen-bond donors (Lipinski definition) is 0. The van der Waals surface area contributed by atoms with E-state index in [1.165, 1.54) is 31.4 Å². The number of rotatable bonds is 1.